The highest BCUT2D eigenvalue weighted by atomic mass is 19.1. The molecule has 0 heterocycles. The highest BCUT2D eigenvalue weighted by Gasteiger charge is 2.23. The molecule has 1 aromatic rings. The molecule has 0 atom stereocenters. The van der Waals surface area contributed by atoms with E-state index in [4.69, 9.17) is 5.11 Å². The molecule has 0 saturated heterocycles. The lowest BCUT2D eigenvalue weighted by atomic mass is 10.1. The zero-order valence-corrected chi connectivity index (χ0v) is 10.3. The van der Waals surface area contributed by atoms with Crippen LogP contribution >= 0.6 is 0 Å². The molecule has 0 unspecified atom stereocenters. The number of carboxylic acid groups (broad SMARTS) is 1. The molecular formula is C12H13FN2O4. The van der Waals surface area contributed by atoms with Crippen LogP contribution in [-0.2, 0) is 0 Å². The fraction of sp³-hybridized carbons (Fsp3) is 0.250. The summed E-state index contributed by atoms with van der Waals surface area (Å²) in [5, 5.41) is 19.7. The van der Waals surface area contributed by atoms with Crippen molar-refractivity contribution in [1.82, 2.24) is 0 Å². The van der Waals surface area contributed by atoms with Crippen LogP contribution in [0.5, 0.6) is 0 Å². The van der Waals surface area contributed by atoms with E-state index >= 15 is 0 Å². The van der Waals surface area contributed by atoms with Crippen molar-refractivity contribution in [2.75, 3.05) is 18.5 Å². The number of nitro benzene ring substituents is 1. The van der Waals surface area contributed by atoms with Gasteiger partial charge >= 0.3 is 5.97 Å². The normalized spacial score (nSPS) is 10.0. The minimum absolute atomic E-state index is 0.0608. The first-order chi connectivity index (χ1) is 8.88. The second kappa shape index (κ2) is 5.94. The number of rotatable bonds is 6. The number of halogens is 1. The van der Waals surface area contributed by atoms with E-state index in [-0.39, 0.29) is 5.69 Å². The van der Waals surface area contributed by atoms with E-state index in [0.717, 1.165) is 6.07 Å². The molecular weight excluding hydrogens is 255 g/mol. The van der Waals surface area contributed by atoms with Gasteiger partial charge in [0, 0.05) is 13.6 Å². The molecule has 0 fully saturated rings. The first-order valence-electron chi connectivity index (χ1n) is 5.41. The van der Waals surface area contributed by atoms with Gasteiger partial charge in [-0.1, -0.05) is 6.08 Å². The quantitative estimate of drug-likeness (QED) is 0.486. The minimum Gasteiger partial charge on any atom is -0.478 e. The summed E-state index contributed by atoms with van der Waals surface area (Å²) < 4.78 is 13.4. The number of anilines is 1. The summed E-state index contributed by atoms with van der Waals surface area (Å²) in [6.45, 7) is 3.94. The number of benzene rings is 1. The summed E-state index contributed by atoms with van der Waals surface area (Å²) >= 11 is 0. The van der Waals surface area contributed by atoms with Crippen LogP contribution in [0.25, 0.3) is 0 Å². The van der Waals surface area contributed by atoms with Crippen molar-refractivity contribution in [3.63, 3.8) is 0 Å². The second-order valence-electron chi connectivity index (χ2n) is 3.88. The Morgan fingerprint density at radius 2 is 2.26 bits per heavy atom. The molecule has 0 radical (unpaired) electrons. The van der Waals surface area contributed by atoms with Crippen LogP contribution in [0.2, 0.25) is 0 Å². The Bertz CT molecular complexity index is 531. The number of hydrogen-bond acceptors (Lipinski definition) is 4. The number of carboxylic acids is 1. The average Bonchev–Trinajstić information content (AvgIpc) is 2.34. The lowest BCUT2D eigenvalue weighted by Gasteiger charge is -2.18. The van der Waals surface area contributed by atoms with Gasteiger partial charge < -0.3 is 10.0 Å². The second-order valence-corrected chi connectivity index (χ2v) is 3.88. The standard InChI is InChI=1S/C12H13FN2O4/c1-3-4-5-14(2)10-6-8(12(16)17)9(13)7-11(10)15(18)19/h3,6-7H,1,4-5H2,2H3,(H,16,17). The van der Waals surface area contributed by atoms with Crippen molar-refractivity contribution in [3.05, 3.63) is 46.3 Å². The van der Waals surface area contributed by atoms with Crippen LogP contribution in [0.15, 0.2) is 24.8 Å². The zero-order chi connectivity index (χ0) is 14.6. The summed E-state index contributed by atoms with van der Waals surface area (Å²) in [6, 6.07) is 1.60. The molecule has 0 amide bonds. The Hall–Kier alpha value is -2.44. The number of nitrogens with zero attached hydrogens (tertiary/aromatic N) is 2. The Labute approximate surface area is 108 Å². The van der Waals surface area contributed by atoms with Gasteiger partial charge in [0.15, 0.2) is 0 Å². The number of nitro groups is 1. The summed E-state index contributed by atoms with van der Waals surface area (Å²) in [5.74, 6) is -2.59. The molecule has 6 nitrogen and oxygen atoms in total. The molecule has 7 heteroatoms. The maximum absolute atomic E-state index is 13.4. The highest BCUT2D eigenvalue weighted by molar-refractivity contribution is 5.90. The fourth-order valence-electron chi connectivity index (χ4n) is 1.57. The molecule has 1 aromatic carbocycles. The van der Waals surface area contributed by atoms with E-state index in [1.54, 1.807) is 13.1 Å². The third-order valence-corrected chi connectivity index (χ3v) is 2.57. The molecule has 0 spiro atoms. The van der Waals surface area contributed by atoms with Crippen LogP contribution in [0, 0.1) is 15.9 Å². The van der Waals surface area contributed by atoms with E-state index in [0.29, 0.717) is 19.0 Å². The fourth-order valence-corrected chi connectivity index (χ4v) is 1.57. The third kappa shape index (κ3) is 3.27. The molecule has 19 heavy (non-hydrogen) atoms. The van der Waals surface area contributed by atoms with Gasteiger partial charge in [-0.15, -0.1) is 6.58 Å². The van der Waals surface area contributed by atoms with Gasteiger partial charge in [0.2, 0.25) is 0 Å². The monoisotopic (exact) mass is 268 g/mol. The van der Waals surface area contributed by atoms with E-state index < -0.39 is 28.0 Å². The van der Waals surface area contributed by atoms with Crippen LogP contribution in [0.1, 0.15) is 16.8 Å². The predicted molar refractivity (Wildman–Crippen MR) is 68.1 cm³/mol. The Balaban J connectivity index is 3.32. The van der Waals surface area contributed by atoms with Gasteiger partial charge in [-0.25, -0.2) is 9.18 Å². The SMILES string of the molecule is C=CCCN(C)c1cc(C(=O)O)c(F)cc1[N+](=O)[O-]. The van der Waals surface area contributed by atoms with Crippen molar-refractivity contribution in [2.24, 2.45) is 0 Å². The van der Waals surface area contributed by atoms with Crippen molar-refractivity contribution >= 4 is 17.3 Å². The number of hydrogen-bond donors (Lipinski definition) is 1. The van der Waals surface area contributed by atoms with Gasteiger partial charge in [-0.05, 0) is 12.5 Å². The van der Waals surface area contributed by atoms with Gasteiger partial charge in [0.05, 0.1) is 16.6 Å². The largest absolute Gasteiger partial charge is 0.478 e. The number of carbonyl (C=O) groups is 1. The first kappa shape index (κ1) is 14.6. The van der Waals surface area contributed by atoms with E-state index in [9.17, 15) is 19.3 Å². The van der Waals surface area contributed by atoms with Crippen molar-refractivity contribution in [1.29, 1.82) is 0 Å². The third-order valence-electron chi connectivity index (χ3n) is 2.57. The van der Waals surface area contributed by atoms with Crippen molar-refractivity contribution < 1.29 is 19.2 Å². The summed E-state index contributed by atoms with van der Waals surface area (Å²) in [4.78, 5) is 22.5. The van der Waals surface area contributed by atoms with Crippen LogP contribution in [-0.4, -0.2) is 29.6 Å². The number of aromatic carboxylic acids is 1. The smallest absolute Gasteiger partial charge is 0.338 e. The summed E-state index contributed by atoms with van der Waals surface area (Å²) in [6.07, 6.45) is 2.19. The Morgan fingerprint density at radius 3 is 2.74 bits per heavy atom. The molecule has 1 rings (SSSR count). The summed E-state index contributed by atoms with van der Waals surface area (Å²) in [7, 11) is 1.56. The highest BCUT2D eigenvalue weighted by Crippen LogP contribution is 2.30. The molecule has 0 aliphatic rings. The predicted octanol–water partition coefficient (Wildman–Crippen LogP) is 2.44. The Morgan fingerprint density at radius 1 is 1.63 bits per heavy atom. The molecule has 0 aromatic heterocycles. The molecule has 102 valence electrons. The van der Waals surface area contributed by atoms with Gasteiger partial charge in [0.1, 0.15) is 11.5 Å². The van der Waals surface area contributed by atoms with Gasteiger partial charge in [-0.3, -0.25) is 10.1 Å². The van der Waals surface area contributed by atoms with Crippen LogP contribution in [0.3, 0.4) is 0 Å². The van der Waals surface area contributed by atoms with Crippen molar-refractivity contribution in [3.8, 4) is 0 Å². The van der Waals surface area contributed by atoms with Crippen LogP contribution < -0.4 is 4.90 Å². The Kier molecular flexibility index (Phi) is 4.57. The van der Waals surface area contributed by atoms with E-state index in [1.165, 1.54) is 4.90 Å². The summed E-state index contributed by atoms with van der Waals surface area (Å²) in [5.41, 5.74) is -0.995. The van der Waals surface area contributed by atoms with E-state index in [1.807, 2.05) is 0 Å². The topological polar surface area (TPSA) is 83.7 Å². The lowest BCUT2D eigenvalue weighted by molar-refractivity contribution is -0.384. The zero-order valence-electron chi connectivity index (χ0n) is 10.3. The van der Waals surface area contributed by atoms with Gasteiger partial charge in [0.25, 0.3) is 5.69 Å². The average molecular weight is 268 g/mol. The van der Waals surface area contributed by atoms with E-state index in [2.05, 4.69) is 6.58 Å². The molecule has 1 N–H and O–H groups in total. The van der Waals surface area contributed by atoms with Gasteiger partial charge in [-0.2, -0.15) is 0 Å². The van der Waals surface area contributed by atoms with Crippen LogP contribution in [0.4, 0.5) is 15.8 Å². The maximum Gasteiger partial charge on any atom is 0.338 e. The maximum atomic E-state index is 13.4. The lowest BCUT2D eigenvalue weighted by Crippen LogP contribution is -2.20. The molecule has 0 saturated carbocycles. The molecule has 0 bridgehead atoms. The first-order valence-corrected chi connectivity index (χ1v) is 5.41. The molecule has 0 aliphatic carbocycles. The van der Waals surface area contributed by atoms with Crippen molar-refractivity contribution in [2.45, 2.75) is 6.42 Å². The molecule has 0 aliphatic heterocycles. The minimum atomic E-state index is -1.47.